The number of hydrogen-bond acceptors (Lipinski definition) is 5. The van der Waals surface area contributed by atoms with E-state index >= 15 is 0 Å². The fourth-order valence-electron chi connectivity index (χ4n) is 2.21. The lowest BCUT2D eigenvalue weighted by Crippen LogP contribution is -2.50. The van der Waals surface area contributed by atoms with Crippen LogP contribution in [-0.2, 0) is 18.7 Å². The van der Waals surface area contributed by atoms with Gasteiger partial charge in [0.05, 0.1) is 19.8 Å². The molecule has 1 aliphatic heterocycles. The molecule has 0 unspecified atom stereocenters. The van der Waals surface area contributed by atoms with Gasteiger partial charge in [0.1, 0.15) is 6.61 Å². The maximum atomic E-state index is 12.3. The first kappa shape index (κ1) is 21.4. The summed E-state index contributed by atoms with van der Waals surface area (Å²) in [6, 6.07) is -0.259. The molecule has 0 aromatic rings. The standard InChI is InChI=1S/C18H31NO5Si/c1-8-11-23-17(21)19-10-9-14(16(20)22-5)12-15(19)13-24-25(6,7)18(2,3)4/h8-9,15H,1,10-13H2,2-7H3/t15-/m0/s1. The second kappa shape index (κ2) is 8.67. The highest BCUT2D eigenvalue weighted by atomic mass is 28.4. The fraction of sp³-hybridized carbons (Fsp3) is 0.667. The zero-order valence-electron chi connectivity index (χ0n) is 16.3. The van der Waals surface area contributed by atoms with Crippen LogP contribution in [0.5, 0.6) is 0 Å². The van der Waals surface area contributed by atoms with Crippen molar-refractivity contribution in [2.24, 2.45) is 0 Å². The Kier molecular flexibility index (Phi) is 7.43. The van der Waals surface area contributed by atoms with E-state index in [4.69, 9.17) is 13.9 Å². The number of methoxy groups -OCH3 is 1. The summed E-state index contributed by atoms with van der Waals surface area (Å²) in [6.45, 7) is 15.2. The number of esters is 1. The largest absolute Gasteiger partial charge is 0.466 e. The molecule has 7 heteroatoms. The zero-order chi connectivity index (χ0) is 19.3. The molecular weight excluding hydrogens is 338 g/mol. The molecule has 25 heavy (non-hydrogen) atoms. The Morgan fingerprint density at radius 2 is 2.04 bits per heavy atom. The number of rotatable bonds is 6. The summed E-state index contributed by atoms with van der Waals surface area (Å²) in [4.78, 5) is 25.8. The van der Waals surface area contributed by atoms with Crippen molar-refractivity contribution in [2.45, 2.75) is 51.4 Å². The molecule has 1 amide bonds. The van der Waals surface area contributed by atoms with Gasteiger partial charge in [-0.25, -0.2) is 9.59 Å². The predicted molar refractivity (Wildman–Crippen MR) is 99.9 cm³/mol. The molecule has 0 spiro atoms. The van der Waals surface area contributed by atoms with Gasteiger partial charge in [0.15, 0.2) is 8.32 Å². The zero-order valence-corrected chi connectivity index (χ0v) is 17.3. The lowest BCUT2D eigenvalue weighted by atomic mass is 10.0. The van der Waals surface area contributed by atoms with Crippen molar-refractivity contribution in [3.05, 3.63) is 24.3 Å². The van der Waals surface area contributed by atoms with Crippen molar-refractivity contribution in [3.63, 3.8) is 0 Å². The molecule has 1 heterocycles. The number of nitrogens with zero attached hydrogens (tertiary/aromatic N) is 1. The summed E-state index contributed by atoms with van der Waals surface area (Å²) in [5, 5.41) is 0.0663. The van der Waals surface area contributed by atoms with Crippen LogP contribution in [0.1, 0.15) is 27.2 Å². The average molecular weight is 370 g/mol. The van der Waals surface area contributed by atoms with Crippen molar-refractivity contribution in [3.8, 4) is 0 Å². The smallest absolute Gasteiger partial charge is 0.410 e. The third-order valence-electron chi connectivity index (χ3n) is 4.88. The summed E-state index contributed by atoms with van der Waals surface area (Å²) >= 11 is 0. The van der Waals surface area contributed by atoms with E-state index in [0.717, 1.165) is 0 Å². The number of amides is 1. The summed E-state index contributed by atoms with van der Waals surface area (Å²) in [6.07, 6.45) is 3.21. The first-order valence-corrected chi connectivity index (χ1v) is 11.4. The normalized spacial score (nSPS) is 18.4. The molecule has 0 aromatic carbocycles. The molecule has 1 atom stereocenters. The monoisotopic (exact) mass is 369 g/mol. The van der Waals surface area contributed by atoms with E-state index < -0.39 is 14.4 Å². The highest BCUT2D eigenvalue weighted by Crippen LogP contribution is 2.37. The molecule has 0 saturated heterocycles. The quantitative estimate of drug-likeness (QED) is 0.407. The van der Waals surface area contributed by atoms with E-state index in [9.17, 15) is 9.59 Å². The van der Waals surface area contributed by atoms with E-state index in [1.165, 1.54) is 13.2 Å². The third kappa shape index (κ3) is 5.71. The third-order valence-corrected chi connectivity index (χ3v) is 9.38. The minimum atomic E-state index is -1.97. The van der Waals surface area contributed by atoms with Crippen molar-refractivity contribution in [1.29, 1.82) is 0 Å². The van der Waals surface area contributed by atoms with Crippen LogP contribution in [0, 0.1) is 0 Å². The molecule has 0 saturated carbocycles. The summed E-state index contributed by atoms with van der Waals surface area (Å²) < 4.78 is 16.2. The van der Waals surface area contributed by atoms with E-state index in [2.05, 4.69) is 40.4 Å². The van der Waals surface area contributed by atoms with Crippen LogP contribution in [0.4, 0.5) is 4.79 Å². The Labute approximate surface area is 151 Å². The van der Waals surface area contributed by atoms with Gasteiger partial charge in [-0.3, -0.25) is 4.90 Å². The Hall–Kier alpha value is -1.60. The number of ether oxygens (including phenoxy) is 2. The molecule has 0 aliphatic carbocycles. The molecule has 142 valence electrons. The molecule has 0 fully saturated rings. The van der Waals surface area contributed by atoms with Gasteiger partial charge in [-0.05, 0) is 18.1 Å². The van der Waals surface area contributed by atoms with Gasteiger partial charge in [0.25, 0.3) is 0 Å². The van der Waals surface area contributed by atoms with Gasteiger partial charge in [-0.2, -0.15) is 0 Å². The first-order chi connectivity index (χ1) is 11.5. The van der Waals surface area contributed by atoms with Crippen molar-refractivity contribution < 1.29 is 23.5 Å². The summed E-state index contributed by atoms with van der Waals surface area (Å²) in [5.41, 5.74) is 0.569. The van der Waals surface area contributed by atoms with Crippen LogP contribution >= 0.6 is 0 Å². The molecule has 1 aliphatic rings. The topological polar surface area (TPSA) is 65.1 Å². The summed E-state index contributed by atoms with van der Waals surface area (Å²) in [7, 11) is -0.611. The minimum absolute atomic E-state index is 0.0663. The van der Waals surface area contributed by atoms with Crippen molar-refractivity contribution in [2.75, 3.05) is 26.9 Å². The highest BCUT2D eigenvalue weighted by molar-refractivity contribution is 6.74. The molecule has 0 radical (unpaired) electrons. The van der Waals surface area contributed by atoms with Crippen LogP contribution in [0.2, 0.25) is 18.1 Å². The predicted octanol–water partition coefficient (Wildman–Crippen LogP) is 3.50. The van der Waals surface area contributed by atoms with E-state index in [1.54, 1.807) is 11.0 Å². The Morgan fingerprint density at radius 3 is 2.56 bits per heavy atom. The van der Waals surface area contributed by atoms with Crippen molar-refractivity contribution >= 4 is 20.4 Å². The highest BCUT2D eigenvalue weighted by Gasteiger charge is 2.39. The van der Waals surface area contributed by atoms with Crippen LogP contribution in [0.25, 0.3) is 0 Å². The molecule has 0 aromatic heterocycles. The lowest BCUT2D eigenvalue weighted by molar-refractivity contribution is -0.136. The van der Waals surface area contributed by atoms with Crippen LogP contribution in [0.15, 0.2) is 24.3 Å². The van der Waals surface area contributed by atoms with Gasteiger partial charge in [-0.15, -0.1) is 0 Å². The maximum absolute atomic E-state index is 12.3. The Bertz CT molecular complexity index is 536. The number of carbonyl (C=O) groups is 2. The lowest BCUT2D eigenvalue weighted by Gasteiger charge is -2.40. The van der Waals surface area contributed by atoms with Gasteiger partial charge in [0, 0.05) is 18.5 Å². The number of carbonyl (C=O) groups excluding carboxylic acids is 2. The van der Waals surface area contributed by atoms with E-state index in [1.807, 2.05) is 0 Å². The second-order valence-electron chi connectivity index (χ2n) is 7.67. The molecule has 0 N–H and O–H groups in total. The van der Waals surface area contributed by atoms with Crippen molar-refractivity contribution in [1.82, 2.24) is 4.90 Å². The average Bonchev–Trinajstić information content (AvgIpc) is 2.55. The Morgan fingerprint density at radius 1 is 1.40 bits per heavy atom. The maximum Gasteiger partial charge on any atom is 0.410 e. The van der Waals surface area contributed by atoms with Crippen LogP contribution < -0.4 is 0 Å². The second-order valence-corrected chi connectivity index (χ2v) is 12.5. The molecular formula is C18H31NO5Si. The van der Waals surface area contributed by atoms with Crippen LogP contribution in [-0.4, -0.2) is 58.2 Å². The van der Waals surface area contributed by atoms with Gasteiger partial charge < -0.3 is 13.9 Å². The SMILES string of the molecule is C=CCOC(=O)N1CC=C(C(=O)OC)C[C@H]1CO[Si](C)(C)C(C)(C)C. The van der Waals surface area contributed by atoms with E-state index in [-0.39, 0.29) is 23.7 Å². The van der Waals surface area contributed by atoms with Gasteiger partial charge in [0.2, 0.25) is 0 Å². The summed E-state index contributed by atoms with van der Waals surface area (Å²) in [5.74, 6) is -0.364. The molecule has 6 nitrogen and oxygen atoms in total. The fourth-order valence-corrected chi connectivity index (χ4v) is 3.25. The molecule has 0 bridgehead atoms. The van der Waals surface area contributed by atoms with Gasteiger partial charge >= 0.3 is 12.1 Å². The molecule has 1 rings (SSSR count). The van der Waals surface area contributed by atoms with Gasteiger partial charge in [-0.1, -0.05) is 39.5 Å². The van der Waals surface area contributed by atoms with Crippen LogP contribution in [0.3, 0.4) is 0 Å². The van der Waals surface area contributed by atoms with E-state index in [0.29, 0.717) is 25.1 Å². The minimum Gasteiger partial charge on any atom is -0.466 e. The number of hydrogen-bond donors (Lipinski definition) is 0. The first-order valence-electron chi connectivity index (χ1n) is 8.49. The Balaban J connectivity index is 2.91.